The van der Waals surface area contributed by atoms with Crippen LogP contribution in [-0.4, -0.2) is 17.9 Å². The van der Waals surface area contributed by atoms with Gasteiger partial charge in [-0.3, -0.25) is 4.99 Å². The van der Waals surface area contributed by atoms with Gasteiger partial charge in [0.25, 0.3) is 0 Å². The van der Waals surface area contributed by atoms with Crippen molar-refractivity contribution in [3.8, 4) is 11.5 Å². The topological polar surface area (TPSA) is 41.8 Å². The maximum atomic E-state index is 10.1. The van der Waals surface area contributed by atoms with E-state index in [9.17, 15) is 5.11 Å². The first-order chi connectivity index (χ1) is 10.1. The number of hydrogen-bond acceptors (Lipinski definition) is 3. The van der Waals surface area contributed by atoms with Crippen LogP contribution >= 0.6 is 0 Å². The highest BCUT2D eigenvalue weighted by atomic mass is 16.5. The van der Waals surface area contributed by atoms with Crippen LogP contribution in [0.2, 0.25) is 0 Å². The summed E-state index contributed by atoms with van der Waals surface area (Å²) in [4.78, 5) is 4.44. The van der Waals surface area contributed by atoms with Crippen LogP contribution in [0.15, 0.2) is 47.5 Å². The number of phenolic OH excluding ortho intramolecular Hbond substituents is 1. The molecule has 0 amide bonds. The van der Waals surface area contributed by atoms with Gasteiger partial charge in [-0.2, -0.15) is 0 Å². The molecule has 0 saturated heterocycles. The maximum absolute atomic E-state index is 10.1. The minimum absolute atomic E-state index is 0.128. The Kier molecular flexibility index (Phi) is 4.99. The molecule has 110 valence electrons. The largest absolute Gasteiger partial charge is 0.504 e. The third kappa shape index (κ3) is 3.85. The lowest BCUT2D eigenvalue weighted by Gasteiger charge is -2.07. The summed E-state index contributed by atoms with van der Waals surface area (Å²) < 4.78 is 5.37. The lowest BCUT2D eigenvalue weighted by molar-refractivity contribution is 0.318. The first-order valence-electron chi connectivity index (χ1n) is 7.20. The van der Waals surface area contributed by atoms with Gasteiger partial charge in [-0.05, 0) is 42.7 Å². The molecule has 0 aromatic heterocycles. The van der Waals surface area contributed by atoms with E-state index in [4.69, 9.17) is 4.74 Å². The Hall–Kier alpha value is -2.29. The van der Waals surface area contributed by atoms with Crippen molar-refractivity contribution >= 4 is 11.9 Å². The summed E-state index contributed by atoms with van der Waals surface area (Å²) >= 11 is 0. The highest BCUT2D eigenvalue weighted by Gasteiger charge is 2.05. The van der Waals surface area contributed by atoms with Crippen LogP contribution in [0.3, 0.4) is 0 Å². The molecule has 2 rings (SSSR count). The number of aromatic hydroxyl groups is 1. The fourth-order valence-corrected chi connectivity index (χ4v) is 2.02. The number of nitrogens with zero attached hydrogens (tertiary/aromatic N) is 1. The summed E-state index contributed by atoms with van der Waals surface area (Å²) in [7, 11) is 0. The molecule has 0 aliphatic heterocycles. The molecule has 0 unspecified atom stereocenters. The van der Waals surface area contributed by atoms with E-state index in [-0.39, 0.29) is 5.75 Å². The van der Waals surface area contributed by atoms with E-state index < -0.39 is 0 Å². The van der Waals surface area contributed by atoms with Crippen molar-refractivity contribution in [2.24, 2.45) is 4.99 Å². The van der Waals surface area contributed by atoms with E-state index in [2.05, 4.69) is 31.0 Å². The molecule has 2 aromatic carbocycles. The average molecular weight is 283 g/mol. The van der Waals surface area contributed by atoms with Crippen LogP contribution in [0.5, 0.6) is 11.5 Å². The van der Waals surface area contributed by atoms with E-state index in [1.54, 1.807) is 12.3 Å². The zero-order valence-corrected chi connectivity index (χ0v) is 12.7. The number of phenols is 1. The standard InChI is InChI=1S/C18H21NO2/c1-4-21-17-10-6-8-15(18(17)20)12-19-16-9-5-7-14(11-16)13(2)3/h5-13,20H,4H2,1-3H3. The predicted octanol–water partition coefficient (Wildman–Crippen LogP) is 4.66. The van der Waals surface area contributed by atoms with Gasteiger partial charge in [0.05, 0.1) is 12.3 Å². The number of ether oxygens (including phenoxy) is 1. The van der Waals surface area contributed by atoms with Gasteiger partial charge in [-0.15, -0.1) is 0 Å². The van der Waals surface area contributed by atoms with Gasteiger partial charge in [-0.25, -0.2) is 0 Å². The summed E-state index contributed by atoms with van der Waals surface area (Å²) in [5.41, 5.74) is 2.77. The van der Waals surface area contributed by atoms with Gasteiger partial charge < -0.3 is 9.84 Å². The van der Waals surface area contributed by atoms with E-state index in [1.807, 2.05) is 31.2 Å². The quantitative estimate of drug-likeness (QED) is 0.810. The number of para-hydroxylation sites is 1. The summed E-state index contributed by atoms with van der Waals surface area (Å²) in [5.74, 6) is 1.08. The summed E-state index contributed by atoms with van der Waals surface area (Å²) in [5, 5.41) is 10.1. The Balaban J connectivity index is 2.25. The molecular weight excluding hydrogens is 262 g/mol. The first kappa shape index (κ1) is 15.1. The summed E-state index contributed by atoms with van der Waals surface area (Å²) in [6, 6.07) is 13.5. The fraction of sp³-hybridized carbons (Fsp3) is 0.278. The molecule has 0 saturated carbocycles. The average Bonchev–Trinajstić information content (AvgIpc) is 2.48. The van der Waals surface area contributed by atoms with Crippen molar-refractivity contribution in [1.29, 1.82) is 0 Å². The van der Waals surface area contributed by atoms with E-state index in [0.717, 1.165) is 5.69 Å². The van der Waals surface area contributed by atoms with Crippen molar-refractivity contribution in [3.63, 3.8) is 0 Å². The maximum Gasteiger partial charge on any atom is 0.166 e. The third-order valence-electron chi connectivity index (χ3n) is 3.22. The van der Waals surface area contributed by atoms with Crippen LogP contribution in [0, 0.1) is 0 Å². The van der Waals surface area contributed by atoms with Crippen LogP contribution in [0.25, 0.3) is 0 Å². The Bertz CT molecular complexity index is 633. The van der Waals surface area contributed by atoms with Gasteiger partial charge >= 0.3 is 0 Å². The third-order valence-corrected chi connectivity index (χ3v) is 3.22. The Morgan fingerprint density at radius 3 is 2.67 bits per heavy atom. The molecule has 0 atom stereocenters. The Morgan fingerprint density at radius 2 is 1.95 bits per heavy atom. The van der Waals surface area contributed by atoms with Crippen molar-refractivity contribution in [2.45, 2.75) is 26.7 Å². The van der Waals surface area contributed by atoms with Gasteiger partial charge in [0.1, 0.15) is 0 Å². The zero-order chi connectivity index (χ0) is 15.2. The molecule has 0 aliphatic carbocycles. The predicted molar refractivity (Wildman–Crippen MR) is 87.1 cm³/mol. The van der Waals surface area contributed by atoms with Gasteiger partial charge in [0.15, 0.2) is 11.5 Å². The van der Waals surface area contributed by atoms with E-state index >= 15 is 0 Å². The normalized spacial score (nSPS) is 11.2. The molecule has 0 bridgehead atoms. The van der Waals surface area contributed by atoms with Crippen LogP contribution < -0.4 is 4.74 Å². The SMILES string of the molecule is CCOc1cccc(C=Nc2cccc(C(C)C)c2)c1O. The second kappa shape index (κ2) is 6.93. The zero-order valence-electron chi connectivity index (χ0n) is 12.7. The molecular formula is C18H21NO2. The van der Waals surface area contributed by atoms with E-state index in [0.29, 0.717) is 23.8 Å². The van der Waals surface area contributed by atoms with Crippen LogP contribution in [-0.2, 0) is 0 Å². The highest BCUT2D eigenvalue weighted by Crippen LogP contribution is 2.29. The Labute approximate surface area is 125 Å². The molecule has 0 aliphatic rings. The minimum Gasteiger partial charge on any atom is -0.504 e. The summed E-state index contributed by atoms with van der Waals surface area (Å²) in [6.45, 7) is 6.71. The molecule has 21 heavy (non-hydrogen) atoms. The number of benzene rings is 2. The van der Waals surface area contributed by atoms with Gasteiger partial charge in [-0.1, -0.05) is 32.0 Å². The van der Waals surface area contributed by atoms with Crippen molar-refractivity contribution < 1.29 is 9.84 Å². The smallest absolute Gasteiger partial charge is 0.166 e. The highest BCUT2D eigenvalue weighted by molar-refractivity contribution is 5.86. The molecule has 3 nitrogen and oxygen atoms in total. The van der Waals surface area contributed by atoms with Crippen molar-refractivity contribution in [3.05, 3.63) is 53.6 Å². The van der Waals surface area contributed by atoms with Crippen molar-refractivity contribution in [2.75, 3.05) is 6.61 Å². The molecule has 3 heteroatoms. The number of rotatable bonds is 5. The van der Waals surface area contributed by atoms with Crippen LogP contribution in [0.4, 0.5) is 5.69 Å². The molecule has 1 N–H and O–H groups in total. The number of hydrogen-bond donors (Lipinski definition) is 1. The Morgan fingerprint density at radius 1 is 1.19 bits per heavy atom. The molecule has 0 spiro atoms. The van der Waals surface area contributed by atoms with E-state index in [1.165, 1.54) is 5.56 Å². The lowest BCUT2D eigenvalue weighted by atomic mass is 10.0. The second-order valence-electron chi connectivity index (χ2n) is 5.13. The number of aliphatic imine (C=N–C) groups is 1. The molecule has 0 heterocycles. The molecule has 0 radical (unpaired) electrons. The summed E-state index contributed by atoms with van der Waals surface area (Å²) in [6.07, 6.45) is 1.66. The minimum atomic E-state index is 0.128. The molecule has 2 aromatic rings. The second-order valence-corrected chi connectivity index (χ2v) is 5.13. The van der Waals surface area contributed by atoms with Crippen molar-refractivity contribution in [1.82, 2.24) is 0 Å². The van der Waals surface area contributed by atoms with Crippen LogP contribution in [0.1, 0.15) is 37.8 Å². The molecule has 0 fully saturated rings. The fourth-order valence-electron chi connectivity index (χ4n) is 2.02. The van der Waals surface area contributed by atoms with Gasteiger partial charge in [0, 0.05) is 11.8 Å². The monoisotopic (exact) mass is 283 g/mol. The first-order valence-corrected chi connectivity index (χ1v) is 7.20. The van der Waals surface area contributed by atoms with Gasteiger partial charge in [0.2, 0.25) is 0 Å². The lowest BCUT2D eigenvalue weighted by Crippen LogP contribution is -1.93.